The summed E-state index contributed by atoms with van der Waals surface area (Å²) in [7, 11) is 0. The van der Waals surface area contributed by atoms with Gasteiger partial charge in [-0.25, -0.2) is 0 Å². The van der Waals surface area contributed by atoms with Crippen molar-refractivity contribution in [3.05, 3.63) is 0 Å². The predicted molar refractivity (Wildman–Crippen MR) is 68.6 cm³/mol. The number of hydrogen-bond acceptors (Lipinski definition) is 2. The number of alkyl halides is 1. The summed E-state index contributed by atoms with van der Waals surface area (Å²) in [6, 6.07) is 0. The van der Waals surface area contributed by atoms with Crippen molar-refractivity contribution in [3.8, 4) is 0 Å². The summed E-state index contributed by atoms with van der Waals surface area (Å²) in [4.78, 5) is 0. The summed E-state index contributed by atoms with van der Waals surface area (Å²) in [5.74, 6) is 1.24. The predicted octanol–water partition coefficient (Wildman–Crippen LogP) is 2.93. The van der Waals surface area contributed by atoms with Crippen LogP contribution in [-0.2, 0) is 0 Å². The fourth-order valence-electron chi connectivity index (χ4n) is 0.997. The zero-order valence-corrected chi connectivity index (χ0v) is 10.9. The van der Waals surface area contributed by atoms with Gasteiger partial charge in [0.25, 0.3) is 0 Å². The Morgan fingerprint density at radius 2 is 1.83 bits per heavy atom. The van der Waals surface area contributed by atoms with Crippen LogP contribution < -0.4 is 5.32 Å². The van der Waals surface area contributed by atoms with Gasteiger partial charge in [-0.1, -0.05) is 35.4 Å². The van der Waals surface area contributed by atoms with Crippen LogP contribution in [0.5, 0.6) is 0 Å². The molecule has 0 aromatic rings. The SMILES string of the molecule is CSCCNCCCCCCI. The Balaban J connectivity index is 2.73. The third-order valence-corrected chi connectivity index (χ3v) is 3.10. The molecule has 12 heavy (non-hydrogen) atoms. The topological polar surface area (TPSA) is 12.0 Å². The molecule has 74 valence electrons. The monoisotopic (exact) mass is 301 g/mol. The van der Waals surface area contributed by atoms with Crippen molar-refractivity contribution < 1.29 is 0 Å². The molecular weight excluding hydrogens is 281 g/mol. The van der Waals surface area contributed by atoms with Gasteiger partial charge in [0.05, 0.1) is 0 Å². The van der Waals surface area contributed by atoms with Gasteiger partial charge in [-0.3, -0.25) is 0 Å². The van der Waals surface area contributed by atoms with E-state index in [1.54, 1.807) is 0 Å². The Hall–Kier alpha value is 1.04. The molecule has 0 fully saturated rings. The molecule has 0 saturated carbocycles. The van der Waals surface area contributed by atoms with Crippen LogP contribution in [-0.4, -0.2) is 29.5 Å². The second-order valence-electron chi connectivity index (χ2n) is 2.85. The molecule has 1 nitrogen and oxygen atoms in total. The van der Waals surface area contributed by atoms with Crippen LogP contribution in [0, 0.1) is 0 Å². The molecule has 0 aromatic heterocycles. The van der Waals surface area contributed by atoms with Crippen LogP contribution in [0.4, 0.5) is 0 Å². The average Bonchev–Trinajstić information content (AvgIpc) is 2.10. The molecule has 0 bridgehead atoms. The minimum absolute atomic E-state index is 1.17. The van der Waals surface area contributed by atoms with Gasteiger partial charge in [0.1, 0.15) is 0 Å². The maximum Gasteiger partial charge on any atom is 0.00553 e. The van der Waals surface area contributed by atoms with Crippen LogP contribution in [0.2, 0.25) is 0 Å². The van der Waals surface area contributed by atoms with Crippen LogP contribution in [0.15, 0.2) is 0 Å². The number of thioether (sulfide) groups is 1. The molecule has 0 rings (SSSR count). The van der Waals surface area contributed by atoms with Crippen LogP contribution in [0.3, 0.4) is 0 Å². The van der Waals surface area contributed by atoms with Gasteiger partial charge in [0.2, 0.25) is 0 Å². The molecular formula is C9H20INS. The molecule has 0 aliphatic rings. The van der Waals surface area contributed by atoms with Crippen molar-refractivity contribution in [2.24, 2.45) is 0 Å². The lowest BCUT2D eigenvalue weighted by molar-refractivity contribution is 0.616. The van der Waals surface area contributed by atoms with Crippen molar-refractivity contribution in [1.29, 1.82) is 0 Å². The van der Waals surface area contributed by atoms with Gasteiger partial charge in [0.15, 0.2) is 0 Å². The van der Waals surface area contributed by atoms with E-state index in [0.29, 0.717) is 0 Å². The van der Waals surface area contributed by atoms with E-state index in [2.05, 4.69) is 34.2 Å². The van der Waals surface area contributed by atoms with Gasteiger partial charge in [-0.2, -0.15) is 11.8 Å². The van der Waals surface area contributed by atoms with Crippen LogP contribution >= 0.6 is 34.4 Å². The summed E-state index contributed by atoms with van der Waals surface area (Å²) in [6.45, 7) is 2.38. The second-order valence-corrected chi connectivity index (χ2v) is 4.91. The van der Waals surface area contributed by atoms with Crippen molar-refractivity contribution >= 4 is 34.4 Å². The molecule has 0 spiro atoms. The Morgan fingerprint density at radius 3 is 2.50 bits per heavy atom. The first-order valence-electron chi connectivity index (χ1n) is 4.67. The number of nitrogens with one attached hydrogen (secondary N) is 1. The summed E-state index contributed by atoms with van der Waals surface area (Å²) in [5, 5.41) is 3.44. The lowest BCUT2D eigenvalue weighted by Gasteiger charge is -2.02. The summed E-state index contributed by atoms with van der Waals surface area (Å²) >= 11 is 4.36. The Bertz CT molecular complexity index is 70.9. The largest absolute Gasteiger partial charge is 0.316 e. The van der Waals surface area contributed by atoms with E-state index in [1.165, 1.54) is 49.0 Å². The van der Waals surface area contributed by atoms with E-state index in [4.69, 9.17) is 0 Å². The third kappa shape index (κ3) is 11.0. The van der Waals surface area contributed by atoms with E-state index < -0.39 is 0 Å². The first-order valence-corrected chi connectivity index (χ1v) is 7.59. The molecule has 3 heteroatoms. The normalized spacial score (nSPS) is 10.5. The van der Waals surface area contributed by atoms with Crippen molar-refractivity contribution in [3.63, 3.8) is 0 Å². The van der Waals surface area contributed by atoms with Gasteiger partial charge >= 0.3 is 0 Å². The van der Waals surface area contributed by atoms with E-state index in [1.807, 2.05) is 11.8 Å². The standard InChI is InChI=1S/C9H20INS/c1-12-9-8-11-7-5-3-2-4-6-10/h11H,2-9H2,1H3. The molecule has 0 aliphatic carbocycles. The highest BCUT2D eigenvalue weighted by molar-refractivity contribution is 14.1. The lowest BCUT2D eigenvalue weighted by atomic mass is 10.2. The molecule has 0 unspecified atom stereocenters. The highest BCUT2D eigenvalue weighted by Crippen LogP contribution is 2.01. The van der Waals surface area contributed by atoms with E-state index in [-0.39, 0.29) is 0 Å². The van der Waals surface area contributed by atoms with Crippen LogP contribution in [0.25, 0.3) is 0 Å². The highest BCUT2D eigenvalue weighted by atomic mass is 127. The fourth-order valence-corrected chi connectivity index (χ4v) is 1.89. The average molecular weight is 301 g/mol. The molecule has 0 saturated heterocycles. The van der Waals surface area contributed by atoms with Crippen LogP contribution in [0.1, 0.15) is 25.7 Å². The molecule has 0 aromatic carbocycles. The summed E-state index contributed by atoms with van der Waals surface area (Å²) in [6.07, 6.45) is 7.71. The van der Waals surface area contributed by atoms with Crippen molar-refractivity contribution in [2.75, 3.05) is 29.5 Å². The molecule has 0 aliphatic heterocycles. The van der Waals surface area contributed by atoms with Gasteiger partial charge in [-0.05, 0) is 30.1 Å². The maximum atomic E-state index is 3.44. The Morgan fingerprint density at radius 1 is 1.08 bits per heavy atom. The Labute approximate surface area is 94.6 Å². The number of halogens is 1. The number of rotatable bonds is 9. The highest BCUT2D eigenvalue weighted by Gasteiger charge is 1.88. The van der Waals surface area contributed by atoms with Crippen molar-refractivity contribution in [1.82, 2.24) is 5.32 Å². The smallest absolute Gasteiger partial charge is 0.00553 e. The second kappa shape index (κ2) is 12.0. The van der Waals surface area contributed by atoms with Gasteiger partial charge in [-0.15, -0.1) is 0 Å². The molecule has 0 amide bonds. The summed E-state index contributed by atoms with van der Waals surface area (Å²) < 4.78 is 1.32. The summed E-state index contributed by atoms with van der Waals surface area (Å²) in [5.41, 5.74) is 0. The van der Waals surface area contributed by atoms with Gasteiger partial charge < -0.3 is 5.32 Å². The number of unbranched alkanes of at least 4 members (excludes halogenated alkanes) is 3. The quantitative estimate of drug-likeness (QED) is 0.399. The molecule has 0 radical (unpaired) electrons. The fraction of sp³-hybridized carbons (Fsp3) is 1.00. The third-order valence-electron chi connectivity index (χ3n) is 1.72. The van der Waals surface area contributed by atoms with Gasteiger partial charge in [0, 0.05) is 12.3 Å². The van der Waals surface area contributed by atoms with E-state index >= 15 is 0 Å². The minimum Gasteiger partial charge on any atom is -0.316 e. The lowest BCUT2D eigenvalue weighted by Crippen LogP contribution is -2.18. The molecule has 0 atom stereocenters. The maximum absolute atomic E-state index is 3.44. The zero-order valence-electron chi connectivity index (χ0n) is 7.94. The zero-order chi connectivity index (χ0) is 9.07. The minimum atomic E-state index is 1.17. The van der Waals surface area contributed by atoms with E-state index in [9.17, 15) is 0 Å². The molecule has 0 heterocycles. The van der Waals surface area contributed by atoms with Crippen molar-refractivity contribution in [2.45, 2.75) is 25.7 Å². The Kier molecular flexibility index (Phi) is 13.1. The number of hydrogen-bond donors (Lipinski definition) is 1. The first kappa shape index (κ1) is 13.0. The molecule has 1 N–H and O–H groups in total. The van der Waals surface area contributed by atoms with E-state index in [0.717, 1.165) is 0 Å². The first-order chi connectivity index (χ1) is 5.91.